The molecule has 1 aromatic heterocycles. The highest BCUT2D eigenvalue weighted by Gasteiger charge is 2.16. The van der Waals surface area contributed by atoms with Crippen molar-refractivity contribution in [2.45, 2.75) is 33.1 Å². The van der Waals surface area contributed by atoms with Crippen LogP contribution in [0.5, 0.6) is 0 Å². The van der Waals surface area contributed by atoms with Crippen molar-refractivity contribution in [2.75, 3.05) is 29.9 Å². The third-order valence-corrected chi connectivity index (χ3v) is 5.32. The van der Waals surface area contributed by atoms with Crippen LogP contribution in [0.15, 0.2) is 18.2 Å². The third kappa shape index (κ3) is 7.30. The number of nitrogens with two attached hydrogens (primary N) is 1. The molecule has 0 saturated heterocycles. The van der Waals surface area contributed by atoms with Gasteiger partial charge in [0.05, 0.1) is 5.75 Å². The second-order valence-corrected chi connectivity index (χ2v) is 8.60. The molecule has 31 heavy (non-hydrogen) atoms. The van der Waals surface area contributed by atoms with Crippen molar-refractivity contribution < 1.29 is 22.6 Å². The Bertz CT molecular complexity index is 1060. The van der Waals surface area contributed by atoms with Crippen LogP contribution in [-0.4, -0.2) is 54.0 Å². The molecule has 0 spiro atoms. The van der Waals surface area contributed by atoms with E-state index in [0.717, 1.165) is 18.4 Å². The normalized spacial score (nSPS) is 11.2. The summed E-state index contributed by atoms with van der Waals surface area (Å²) in [5, 5.41) is 5.68. The Hall–Kier alpha value is -3.05. The molecule has 0 bridgehead atoms. The molecule has 10 nitrogen and oxygen atoms in total. The lowest BCUT2D eigenvalue weighted by Gasteiger charge is -2.15. The van der Waals surface area contributed by atoms with Gasteiger partial charge in [0.1, 0.15) is 12.1 Å². The maximum absolute atomic E-state index is 12.4. The lowest BCUT2D eigenvalue weighted by Crippen LogP contribution is -2.29. The number of carbonyl (C=O) groups is 2. The van der Waals surface area contributed by atoms with Crippen molar-refractivity contribution in [3.05, 3.63) is 46.1 Å². The lowest BCUT2D eigenvalue weighted by atomic mass is 9.97. The monoisotopic (exact) mass is 449 g/mol. The largest absolute Gasteiger partial charge is 0.370 e. The summed E-state index contributed by atoms with van der Waals surface area (Å²) in [5.74, 6) is -0.387. The summed E-state index contributed by atoms with van der Waals surface area (Å²) in [5.41, 5.74) is 8.46. The van der Waals surface area contributed by atoms with Gasteiger partial charge in [-0.3, -0.25) is 14.1 Å². The number of rotatable bonds is 11. The smallest absolute Gasteiger partial charge is 0.266 e. The van der Waals surface area contributed by atoms with E-state index < -0.39 is 21.8 Å². The molecule has 0 saturated carbocycles. The van der Waals surface area contributed by atoms with Gasteiger partial charge in [0.2, 0.25) is 5.95 Å². The minimum Gasteiger partial charge on any atom is -0.370 e. The molecular formula is C20H27N5O5S. The zero-order chi connectivity index (χ0) is 23.0. The van der Waals surface area contributed by atoms with Gasteiger partial charge in [0.15, 0.2) is 0 Å². The number of amides is 1. The lowest BCUT2D eigenvalue weighted by molar-refractivity contribution is 0.0955. The molecule has 0 aliphatic rings. The zero-order valence-corrected chi connectivity index (χ0v) is 18.3. The number of benzene rings is 1. The number of hydrogen-bond donors (Lipinski definition) is 4. The fraction of sp³-hybridized carbons (Fsp3) is 0.400. The Morgan fingerprint density at radius 1 is 1.26 bits per heavy atom. The summed E-state index contributed by atoms with van der Waals surface area (Å²) in [6.07, 6.45) is 2.95. The molecule has 0 fully saturated rings. The van der Waals surface area contributed by atoms with E-state index in [4.69, 9.17) is 10.3 Å². The molecule has 168 valence electrons. The topological polar surface area (TPSA) is 164 Å². The van der Waals surface area contributed by atoms with Crippen LogP contribution < -0.4 is 16.4 Å². The van der Waals surface area contributed by atoms with E-state index in [1.165, 1.54) is 12.1 Å². The number of aromatic nitrogens is 2. The molecule has 0 atom stereocenters. The van der Waals surface area contributed by atoms with Gasteiger partial charge in [-0.2, -0.15) is 13.4 Å². The summed E-state index contributed by atoms with van der Waals surface area (Å²) in [6.45, 7) is 4.34. The van der Waals surface area contributed by atoms with Gasteiger partial charge < -0.3 is 16.4 Å². The quantitative estimate of drug-likeness (QED) is 0.226. The number of anilines is 2. The molecule has 1 amide bonds. The number of nitrogen functional groups attached to an aromatic ring is 1. The fourth-order valence-electron chi connectivity index (χ4n) is 2.96. The van der Waals surface area contributed by atoms with Gasteiger partial charge in [-0.1, -0.05) is 19.4 Å². The second-order valence-electron chi connectivity index (χ2n) is 7.02. The molecule has 1 heterocycles. The van der Waals surface area contributed by atoms with Crippen LogP contribution in [0.1, 0.15) is 57.3 Å². The predicted molar refractivity (Wildman–Crippen MR) is 118 cm³/mol. The number of unbranched alkanes of at least 4 members (excludes halogenated alkanes) is 1. The minimum atomic E-state index is -4.18. The zero-order valence-electron chi connectivity index (χ0n) is 17.5. The number of hydrogen-bond acceptors (Lipinski definition) is 8. The highest BCUT2D eigenvalue weighted by Crippen LogP contribution is 2.23. The number of aryl methyl sites for hydroxylation is 1. The van der Waals surface area contributed by atoms with Crippen molar-refractivity contribution >= 4 is 34.1 Å². The summed E-state index contributed by atoms with van der Waals surface area (Å²) < 4.78 is 30.4. The Morgan fingerprint density at radius 2 is 2.00 bits per heavy atom. The number of carbonyl (C=O) groups excluding carboxylic acids is 2. The highest BCUT2D eigenvalue weighted by atomic mass is 32.2. The minimum absolute atomic E-state index is 0.142. The molecule has 5 N–H and O–H groups in total. The predicted octanol–water partition coefficient (Wildman–Crippen LogP) is 1.60. The van der Waals surface area contributed by atoms with Crippen LogP contribution in [0.4, 0.5) is 11.8 Å². The van der Waals surface area contributed by atoms with Crippen LogP contribution in [0.3, 0.4) is 0 Å². The molecule has 0 aliphatic heterocycles. The van der Waals surface area contributed by atoms with E-state index >= 15 is 0 Å². The van der Waals surface area contributed by atoms with Gasteiger partial charge in [-0.25, -0.2) is 4.98 Å². The van der Waals surface area contributed by atoms with E-state index in [2.05, 4.69) is 27.5 Å². The van der Waals surface area contributed by atoms with Crippen molar-refractivity contribution in [3.8, 4) is 0 Å². The molecule has 1 aromatic carbocycles. The van der Waals surface area contributed by atoms with Crippen molar-refractivity contribution in [1.82, 2.24) is 15.3 Å². The van der Waals surface area contributed by atoms with E-state index in [1.807, 2.05) is 0 Å². The van der Waals surface area contributed by atoms with Crippen molar-refractivity contribution in [1.29, 1.82) is 0 Å². The average molecular weight is 450 g/mol. The summed E-state index contributed by atoms with van der Waals surface area (Å²) in [4.78, 5) is 32.4. The number of nitrogens with one attached hydrogen (secondary N) is 2. The molecule has 2 rings (SSSR count). The fourth-order valence-corrected chi connectivity index (χ4v) is 3.32. The number of aldehydes is 1. The molecule has 2 aromatic rings. The van der Waals surface area contributed by atoms with Gasteiger partial charge in [-0.15, -0.1) is 0 Å². The highest BCUT2D eigenvalue weighted by molar-refractivity contribution is 7.85. The van der Waals surface area contributed by atoms with Crippen LogP contribution in [0.25, 0.3) is 0 Å². The Balaban J connectivity index is 2.31. The van der Waals surface area contributed by atoms with Crippen LogP contribution in [-0.2, 0) is 16.5 Å². The summed E-state index contributed by atoms with van der Waals surface area (Å²) >= 11 is 0. The summed E-state index contributed by atoms with van der Waals surface area (Å²) in [7, 11) is -4.18. The first-order chi connectivity index (χ1) is 14.6. The molecular weight excluding hydrogens is 422 g/mol. The second kappa shape index (κ2) is 10.8. The Kier molecular flexibility index (Phi) is 8.46. The first kappa shape index (κ1) is 24.2. The van der Waals surface area contributed by atoms with Gasteiger partial charge >= 0.3 is 0 Å². The van der Waals surface area contributed by atoms with Crippen LogP contribution >= 0.6 is 0 Å². The Labute approximate surface area is 181 Å². The van der Waals surface area contributed by atoms with E-state index in [9.17, 15) is 18.0 Å². The maximum atomic E-state index is 12.4. The number of nitrogens with zero attached hydrogens (tertiary/aromatic N) is 2. The Morgan fingerprint density at radius 3 is 2.65 bits per heavy atom. The average Bonchev–Trinajstić information content (AvgIpc) is 2.69. The van der Waals surface area contributed by atoms with Gasteiger partial charge in [0, 0.05) is 41.9 Å². The first-order valence-electron chi connectivity index (χ1n) is 9.83. The van der Waals surface area contributed by atoms with Crippen molar-refractivity contribution in [2.24, 2.45) is 0 Å². The van der Waals surface area contributed by atoms with E-state index in [-0.39, 0.29) is 18.1 Å². The third-order valence-electron chi connectivity index (χ3n) is 4.60. The SMILES string of the molecule is CCCCNc1nc(N)nc(C)c1Cc1cc(C(=O)NCCS(=O)(=O)O)ccc1C=O. The maximum Gasteiger partial charge on any atom is 0.266 e. The van der Waals surface area contributed by atoms with E-state index in [0.29, 0.717) is 41.9 Å². The molecule has 0 aliphatic carbocycles. The van der Waals surface area contributed by atoms with Gasteiger partial charge in [0.25, 0.3) is 16.0 Å². The molecule has 0 unspecified atom stereocenters. The van der Waals surface area contributed by atoms with Crippen molar-refractivity contribution in [3.63, 3.8) is 0 Å². The van der Waals surface area contributed by atoms with Crippen LogP contribution in [0, 0.1) is 6.92 Å². The van der Waals surface area contributed by atoms with Crippen LogP contribution in [0.2, 0.25) is 0 Å². The summed E-state index contributed by atoms with van der Waals surface area (Å²) in [6, 6.07) is 4.57. The molecule has 11 heteroatoms. The van der Waals surface area contributed by atoms with Gasteiger partial charge in [-0.05, 0) is 31.0 Å². The molecule has 0 radical (unpaired) electrons. The van der Waals surface area contributed by atoms with E-state index in [1.54, 1.807) is 13.0 Å². The first-order valence-corrected chi connectivity index (χ1v) is 11.4. The standard InChI is InChI=1S/C20H27N5O5S/c1-3-4-7-22-18-17(13(2)24-20(21)25-18)11-16-10-14(5-6-15(16)12-26)19(27)23-8-9-31(28,29)30/h5-6,10,12H,3-4,7-9,11H2,1-2H3,(H,23,27)(H,28,29,30)(H3,21,22,24,25).